The highest BCUT2D eigenvalue weighted by molar-refractivity contribution is 9.11. The molecular formula is C14H14Br2ClN3. The maximum absolute atomic E-state index is 6.25. The van der Waals surface area contributed by atoms with E-state index in [0.29, 0.717) is 10.8 Å². The van der Waals surface area contributed by atoms with Gasteiger partial charge in [-0.3, -0.25) is 0 Å². The maximum Gasteiger partial charge on any atom is 0.163 e. The van der Waals surface area contributed by atoms with Gasteiger partial charge in [0.05, 0.1) is 15.2 Å². The van der Waals surface area contributed by atoms with Gasteiger partial charge in [0, 0.05) is 16.6 Å². The molecule has 0 bridgehead atoms. The number of aromatic nitrogens is 2. The highest BCUT2D eigenvalue weighted by Gasteiger charge is 2.13. The van der Waals surface area contributed by atoms with E-state index < -0.39 is 0 Å². The van der Waals surface area contributed by atoms with Gasteiger partial charge in [0.2, 0.25) is 0 Å². The molecule has 2 aromatic rings. The molecule has 0 amide bonds. The van der Waals surface area contributed by atoms with Crippen LogP contribution in [0.1, 0.15) is 19.0 Å². The van der Waals surface area contributed by atoms with E-state index in [4.69, 9.17) is 11.6 Å². The molecule has 0 saturated carbocycles. The molecule has 0 saturated heterocycles. The fourth-order valence-corrected chi connectivity index (χ4v) is 2.59. The Morgan fingerprint density at radius 2 is 2.00 bits per heavy atom. The van der Waals surface area contributed by atoms with Crippen LogP contribution >= 0.6 is 43.5 Å². The molecule has 106 valence electrons. The minimum atomic E-state index is 0.621. The van der Waals surface area contributed by atoms with E-state index in [1.54, 1.807) is 0 Å². The smallest absolute Gasteiger partial charge is 0.163 e. The number of nitrogens with zero attached hydrogens (tertiary/aromatic N) is 2. The molecule has 0 aliphatic carbocycles. The zero-order chi connectivity index (χ0) is 14.7. The summed E-state index contributed by atoms with van der Waals surface area (Å²) in [6.07, 6.45) is 1.03. The van der Waals surface area contributed by atoms with Crippen LogP contribution in [0, 0.1) is 6.92 Å². The first-order valence-electron chi connectivity index (χ1n) is 6.26. The van der Waals surface area contributed by atoms with Gasteiger partial charge >= 0.3 is 0 Å². The molecule has 1 N–H and O–H groups in total. The van der Waals surface area contributed by atoms with Crippen LogP contribution in [0.2, 0.25) is 5.02 Å². The summed E-state index contributed by atoms with van der Waals surface area (Å²) in [6.45, 7) is 4.92. The SMILES string of the molecule is CCCNc1nc(-c2cc(Br)ccc2Cl)nc(C)c1Br. The van der Waals surface area contributed by atoms with Crippen LogP contribution in [0.5, 0.6) is 0 Å². The standard InChI is InChI=1S/C14H14Br2ClN3/c1-3-6-18-14-12(16)8(2)19-13(20-14)10-7-9(15)4-5-11(10)17/h4-5,7H,3,6H2,1-2H3,(H,18,19,20). The molecule has 6 heteroatoms. The summed E-state index contributed by atoms with van der Waals surface area (Å²) >= 11 is 13.2. The molecule has 1 aromatic carbocycles. The summed E-state index contributed by atoms with van der Waals surface area (Å²) in [7, 11) is 0. The maximum atomic E-state index is 6.25. The minimum absolute atomic E-state index is 0.621. The average molecular weight is 420 g/mol. The van der Waals surface area contributed by atoms with Gasteiger partial charge in [-0.2, -0.15) is 0 Å². The van der Waals surface area contributed by atoms with Gasteiger partial charge in [-0.15, -0.1) is 0 Å². The molecule has 20 heavy (non-hydrogen) atoms. The molecule has 0 atom stereocenters. The molecule has 0 aliphatic heterocycles. The third-order valence-corrected chi connectivity index (χ3v) is 4.50. The van der Waals surface area contributed by atoms with Crippen molar-refractivity contribution in [3.05, 3.63) is 37.9 Å². The van der Waals surface area contributed by atoms with Crippen molar-refractivity contribution < 1.29 is 0 Å². The number of rotatable bonds is 4. The van der Waals surface area contributed by atoms with Gasteiger partial charge in [-0.1, -0.05) is 34.5 Å². The van der Waals surface area contributed by atoms with Gasteiger partial charge in [0.1, 0.15) is 5.82 Å². The topological polar surface area (TPSA) is 37.8 Å². The predicted octanol–water partition coefficient (Wildman–Crippen LogP) is 5.45. The fraction of sp³-hybridized carbons (Fsp3) is 0.286. The fourth-order valence-electron chi connectivity index (χ4n) is 1.71. The number of nitrogens with one attached hydrogen (secondary N) is 1. The second-order valence-corrected chi connectivity index (χ2v) is 6.46. The lowest BCUT2D eigenvalue weighted by atomic mass is 10.2. The number of aryl methyl sites for hydroxylation is 1. The quantitative estimate of drug-likeness (QED) is 0.716. The molecule has 0 aliphatic rings. The van der Waals surface area contributed by atoms with E-state index in [1.807, 2.05) is 25.1 Å². The Kier molecular flexibility index (Phi) is 5.41. The highest BCUT2D eigenvalue weighted by atomic mass is 79.9. The monoisotopic (exact) mass is 417 g/mol. The zero-order valence-corrected chi connectivity index (χ0v) is 15.1. The van der Waals surface area contributed by atoms with Crippen molar-refractivity contribution in [3.63, 3.8) is 0 Å². The summed E-state index contributed by atoms with van der Waals surface area (Å²) in [4.78, 5) is 9.08. The molecule has 2 rings (SSSR count). The van der Waals surface area contributed by atoms with E-state index in [0.717, 1.165) is 39.0 Å². The van der Waals surface area contributed by atoms with E-state index in [9.17, 15) is 0 Å². The Bertz CT molecular complexity index is 632. The molecule has 1 aromatic heterocycles. The zero-order valence-electron chi connectivity index (χ0n) is 11.2. The van der Waals surface area contributed by atoms with Gasteiger partial charge in [-0.25, -0.2) is 9.97 Å². The van der Waals surface area contributed by atoms with Gasteiger partial charge in [0.25, 0.3) is 0 Å². The van der Waals surface area contributed by atoms with Crippen molar-refractivity contribution in [2.75, 3.05) is 11.9 Å². The number of hydrogen-bond acceptors (Lipinski definition) is 3. The predicted molar refractivity (Wildman–Crippen MR) is 91.4 cm³/mol. The molecule has 0 fully saturated rings. The summed E-state index contributed by atoms with van der Waals surface area (Å²) in [5.74, 6) is 1.42. The van der Waals surface area contributed by atoms with E-state index >= 15 is 0 Å². The second-order valence-electron chi connectivity index (χ2n) is 4.35. The molecule has 3 nitrogen and oxygen atoms in total. The lowest BCUT2D eigenvalue weighted by Gasteiger charge is -2.11. The summed E-state index contributed by atoms with van der Waals surface area (Å²) in [6, 6.07) is 5.66. The molecule has 0 spiro atoms. The first kappa shape index (κ1) is 15.7. The third-order valence-electron chi connectivity index (χ3n) is 2.73. The third kappa shape index (κ3) is 3.51. The molecule has 1 heterocycles. The van der Waals surface area contributed by atoms with Crippen molar-refractivity contribution >= 4 is 49.3 Å². The minimum Gasteiger partial charge on any atom is -0.369 e. The van der Waals surface area contributed by atoms with Crippen LogP contribution in [0.4, 0.5) is 5.82 Å². The largest absolute Gasteiger partial charge is 0.369 e. The van der Waals surface area contributed by atoms with Crippen LogP contribution in [-0.2, 0) is 0 Å². The van der Waals surface area contributed by atoms with Crippen molar-refractivity contribution in [2.24, 2.45) is 0 Å². The normalized spacial score (nSPS) is 10.7. The average Bonchev–Trinajstić information content (AvgIpc) is 2.43. The summed E-state index contributed by atoms with van der Waals surface area (Å²) in [5, 5.41) is 3.93. The Hall–Kier alpha value is -0.650. The Labute approximate surface area is 140 Å². The van der Waals surface area contributed by atoms with Crippen LogP contribution in [0.25, 0.3) is 11.4 Å². The first-order valence-corrected chi connectivity index (χ1v) is 8.22. The second kappa shape index (κ2) is 6.87. The lowest BCUT2D eigenvalue weighted by Crippen LogP contribution is -2.06. The summed E-state index contributed by atoms with van der Waals surface area (Å²) < 4.78 is 1.84. The van der Waals surface area contributed by atoms with Crippen LogP contribution in [-0.4, -0.2) is 16.5 Å². The van der Waals surface area contributed by atoms with E-state index in [1.165, 1.54) is 0 Å². The van der Waals surface area contributed by atoms with Gasteiger partial charge < -0.3 is 5.32 Å². The Morgan fingerprint density at radius 3 is 2.70 bits per heavy atom. The summed E-state index contributed by atoms with van der Waals surface area (Å²) in [5.41, 5.74) is 1.70. The molecule has 0 unspecified atom stereocenters. The Balaban J connectivity index is 2.51. The molecular weight excluding hydrogens is 405 g/mol. The van der Waals surface area contributed by atoms with Gasteiger partial charge in [0.15, 0.2) is 5.82 Å². The van der Waals surface area contributed by atoms with Crippen LogP contribution in [0.15, 0.2) is 27.1 Å². The lowest BCUT2D eigenvalue weighted by molar-refractivity contribution is 0.958. The van der Waals surface area contributed by atoms with Crippen molar-refractivity contribution in [1.82, 2.24) is 9.97 Å². The first-order chi connectivity index (χ1) is 9.52. The van der Waals surface area contributed by atoms with Gasteiger partial charge in [-0.05, 0) is 47.5 Å². The van der Waals surface area contributed by atoms with E-state index in [2.05, 4.69) is 54.1 Å². The number of benzene rings is 1. The number of hydrogen-bond donors (Lipinski definition) is 1. The number of anilines is 1. The van der Waals surface area contributed by atoms with Crippen LogP contribution < -0.4 is 5.32 Å². The highest BCUT2D eigenvalue weighted by Crippen LogP contribution is 2.32. The van der Waals surface area contributed by atoms with Crippen molar-refractivity contribution in [1.29, 1.82) is 0 Å². The van der Waals surface area contributed by atoms with E-state index in [-0.39, 0.29) is 0 Å². The van der Waals surface area contributed by atoms with Crippen LogP contribution in [0.3, 0.4) is 0 Å². The Morgan fingerprint density at radius 1 is 1.25 bits per heavy atom. The number of halogens is 3. The molecule has 0 radical (unpaired) electrons. The van der Waals surface area contributed by atoms with Crippen molar-refractivity contribution in [3.8, 4) is 11.4 Å². The van der Waals surface area contributed by atoms with Crippen molar-refractivity contribution in [2.45, 2.75) is 20.3 Å².